The molecule has 1 atom stereocenters. The van der Waals surface area contributed by atoms with Gasteiger partial charge in [-0.3, -0.25) is 4.79 Å². The Bertz CT molecular complexity index is 939. The van der Waals surface area contributed by atoms with Gasteiger partial charge in [0.25, 0.3) is 5.91 Å². The third-order valence-electron chi connectivity index (χ3n) is 4.48. The molecule has 0 bridgehead atoms. The van der Waals surface area contributed by atoms with Gasteiger partial charge >= 0.3 is 5.97 Å². The van der Waals surface area contributed by atoms with Crippen LogP contribution in [0.25, 0.3) is 0 Å². The summed E-state index contributed by atoms with van der Waals surface area (Å²) in [5.41, 5.74) is 3.14. The molecule has 8 heteroatoms. The van der Waals surface area contributed by atoms with Crippen molar-refractivity contribution in [3.05, 3.63) is 53.6 Å². The van der Waals surface area contributed by atoms with E-state index >= 15 is 0 Å². The fourth-order valence-electron chi connectivity index (χ4n) is 2.71. The van der Waals surface area contributed by atoms with Crippen molar-refractivity contribution in [1.82, 2.24) is 0 Å². The van der Waals surface area contributed by atoms with Crippen LogP contribution < -0.4 is 14.8 Å². The summed E-state index contributed by atoms with van der Waals surface area (Å²) in [6.45, 7) is 5.06. The molecule has 2 aromatic rings. The third kappa shape index (κ3) is 5.50. The number of benzene rings is 2. The fraction of sp³-hybridized carbons (Fsp3) is 0.318. The van der Waals surface area contributed by atoms with E-state index in [1.165, 1.54) is 12.5 Å². The topological polar surface area (TPSA) is 95.5 Å². The zero-order valence-electron chi connectivity index (χ0n) is 17.1. The summed E-state index contributed by atoms with van der Waals surface area (Å²) in [4.78, 5) is 29.2. The number of nitrogens with zero attached hydrogens (tertiary/aromatic N) is 1. The van der Waals surface area contributed by atoms with Gasteiger partial charge in [0.05, 0.1) is 5.71 Å². The Morgan fingerprint density at radius 1 is 1.13 bits per heavy atom. The van der Waals surface area contributed by atoms with Crippen LogP contribution >= 0.6 is 0 Å². The molecule has 8 nitrogen and oxygen atoms in total. The van der Waals surface area contributed by atoms with Gasteiger partial charge in [-0.15, -0.1) is 0 Å². The minimum atomic E-state index is -0.967. The molecule has 158 valence electrons. The van der Waals surface area contributed by atoms with Crippen molar-refractivity contribution in [2.45, 2.75) is 33.3 Å². The summed E-state index contributed by atoms with van der Waals surface area (Å²) >= 11 is 0. The van der Waals surface area contributed by atoms with E-state index in [2.05, 4.69) is 17.4 Å². The number of aryl methyl sites for hydroxylation is 1. The molecule has 0 saturated heterocycles. The maximum absolute atomic E-state index is 12.2. The van der Waals surface area contributed by atoms with Crippen molar-refractivity contribution < 1.29 is 28.6 Å². The lowest BCUT2D eigenvalue weighted by molar-refractivity contribution is -0.157. The van der Waals surface area contributed by atoms with Crippen molar-refractivity contribution >= 4 is 23.3 Å². The van der Waals surface area contributed by atoms with Crippen LogP contribution in [0.1, 0.15) is 31.9 Å². The molecule has 1 aliphatic heterocycles. The number of carbonyl (C=O) groups is 2. The van der Waals surface area contributed by atoms with Gasteiger partial charge in [-0.05, 0) is 56.2 Å². The Morgan fingerprint density at radius 3 is 2.60 bits per heavy atom. The van der Waals surface area contributed by atoms with Crippen LogP contribution in [-0.4, -0.2) is 37.1 Å². The largest absolute Gasteiger partial charge is 0.454 e. The van der Waals surface area contributed by atoms with Gasteiger partial charge in [-0.1, -0.05) is 24.2 Å². The maximum Gasteiger partial charge on any atom is 0.347 e. The lowest BCUT2D eigenvalue weighted by atomic mass is 10.1. The van der Waals surface area contributed by atoms with Crippen LogP contribution in [0.3, 0.4) is 0 Å². The number of carbonyl (C=O) groups excluding carboxylic acids is 2. The monoisotopic (exact) mass is 412 g/mol. The molecule has 3 rings (SSSR count). The molecule has 1 N–H and O–H groups in total. The van der Waals surface area contributed by atoms with Crippen molar-refractivity contribution in [1.29, 1.82) is 0 Å². The van der Waals surface area contributed by atoms with Crippen molar-refractivity contribution in [3.8, 4) is 11.5 Å². The van der Waals surface area contributed by atoms with Crippen LogP contribution in [0, 0.1) is 0 Å². The molecular formula is C22H24N2O6. The van der Waals surface area contributed by atoms with Gasteiger partial charge in [0.1, 0.15) is 0 Å². The average molecular weight is 412 g/mol. The Kier molecular flexibility index (Phi) is 6.90. The number of fused-ring (bicyclic) bond motifs is 1. The molecule has 0 aromatic heterocycles. The van der Waals surface area contributed by atoms with Crippen molar-refractivity contribution in [2.75, 3.05) is 18.7 Å². The van der Waals surface area contributed by atoms with Crippen LogP contribution in [-0.2, 0) is 25.6 Å². The summed E-state index contributed by atoms with van der Waals surface area (Å²) in [5, 5.41) is 6.62. The first-order chi connectivity index (χ1) is 14.5. The van der Waals surface area contributed by atoms with Crippen molar-refractivity contribution in [2.24, 2.45) is 5.16 Å². The van der Waals surface area contributed by atoms with Gasteiger partial charge in [0.15, 0.2) is 17.6 Å². The van der Waals surface area contributed by atoms with Gasteiger partial charge in [0, 0.05) is 11.3 Å². The number of amides is 1. The number of hydrogen-bond acceptors (Lipinski definition) is 7. The summed E-state index contributed by atoms with van der Waals surface area (Å²) < 4.78 is 15.7. The first kappa shape index (κ1) is 21.2. The van der Waals surface area contributed by atoms with Gasteiger partial charge < -0.3 is 24.4 Å². The summed E-state index contributed by atoms with van der Waals surface area (Å²) in [6, 6.07) is 12.8. The van der Waals surface area contributed by atoms with E-state index in [1.807, 2.05) is 30.3 Å². The predicted molar refractivity (Wildman–Crippen MR) is 111 cm³/mol. The average Bonchev–Trinajstić information content (AvgIpc) is 3.22. The summed E-state index contributed by atoms with van der Waals surface area (Å²) in [6.07, 6.45) is -0.0512. The molecule has 0 unspecified atom stereocenters. The molecule has 1 aliphatic rings. The van der Waals surface area contributed by atoms with E-state index < -0.39 is 24.6 Å². The number of esters is 1. The van der Waals surface area contributed by atoms with E-state index in [0.717, 1.165) is 12.0 Å². The number of ether oxygens (including phenoxy) is 3. The van der Waals surface area contributed by atoms with E-state index in [-0.39, 0.29) is 6.79 Å². The smallest absolute Gasteiger partial charge is 0.347 e. The Balaban J connectivity index is 1.45. The fourth-order valence-corrected chi connectivity index (χ4v) is 2.71. The molecule has 0 radical (unpaired) electrons. The van der Waals surface area contributed by atoms with Crippen molar-refractivity contribution in [3.63, 3.8) is 0 Å². The third-order valence-corrected chi connectivity index (χ3v) is 4.48. The quantitative estimate of drug-likeness (QED) is 0.406. The molecule has 1 amide bonds. The number of oxime groups is 1. The second-order valence-electron chi connectivity index (χ2n) is 6.69. The number of nitrogens with one attached hydrogen (secondary N) is 1. The SMILES string of the molecule is CCc1ccc(NC(=O)[C@H](C)OC(=O)CO/N=C(/C)c2ccc3c(c2)OCO3)cc1. The van der Waals surface area contributed by atoms with E-state index in [9.17, 15) is 9.59 Å². The van der Waals surface area contributed by atoms with Gasteiger partial charge in [-0.25, -0.2) is 4.79 Å². The highest BCUT2D eigenvalue weighted by Crippen LogP contribution is 2.32. The van der Waals surface area contributed by atoms with Crippen LogP contribution in [0.5, 0.6) is 11.5 Å². The molecule has 2 aromatic carbocycles. The molecule has 1 heterocycles. The Morgan fingerprint density at radius 2 is 1.87 bits per heavy atom. The van der Waals surface area contributed by atoms with E-state index in [4.69, 9.17) is 19.0 Å². The first-order valence-electron chi connectivity index (χ1n) is 9.62. The van der Waals surface area contributed by atoms with E-state index in [0.29, 0.717) is 22.9 Å². The first-order valence-corrected chi connectivity index (χ1v) is 9.62. The van der Waals surface area contributed by atoms with Crippen LogP contribution in [0.4, 0.5) is 5.69 Å². The lowest BCUT2D eigenvalue weighted by Crippen LogP contribution is -2.31. The van der Waals surface area contributed by atoms with Gasteiger partial charge in [0.2, 0.25) is 13.4 Å². The zero-order valence-corrected chi connectivity index (χ0v) is 17.1. The van der Waals surface area contributed by atoms with Crippen LogP contribution in [0.15, 0.2) is 47.6 Å². The highest BCUT2D eigenvalue weighted by atomic mass is 16.7. The second kappa shape index (κ2) is 9.78. The summed E-state index contributed by atoms with van der Waals surface area (Å²) in [7, 11) is 0. The summed E-state index contributed by atoms with van der Waals surface area (Å²) in [5.74, 6) is 0.184. The maximum atomic E-state index is 12.2. The second-order valence-corrected chi connectivity index (χ2v) is 6.69. The zero-order chi connectivity index (χ0) is 21.5. The highest BCUT2D eigenvalue weighted by molar-refractivity contribution is 5.99. The molecule has 0 fully saturated rings. The number of hydrogen-bond donors (Lipinski definition) is 1. The number of anilines is 1. The number of rotatable bonds is 8. The van der Waals surface area contributed by atoms with E-state index in [1.54, 1.807) is 19.1 Å². The highest BCUT2D eigenvalue weighted by Gasteiger charge is 2.18. The molecule has 0 spiro atoms. The molecule has 0 aliphatic carbocycles. The standard InChI is InChI=1S/C22H24N2O6/c1-4-16-5-8-18(9-6-16)23-22(26)15(3)30-21(25)12-29-24-14(2)17-7-10-19-20(11-17)28-13-27-19/h5-11,15H,4,12-13H2,1-3H3,(H,23,26)/b24-14-/t15-/m0/s1. The van der Waals surface area contributed by atoms with Gasteiger partial charge in [-0.2, -0.15) is 0 Å². The van der Waals surface area contributed by atoms with Crippen LogP contribution in [0.2, 0.25) is 0 Å². The lowest BCUT2D eigenvalue weighted by Gasteiger charge is -2.13. The Labute approximate surface area is 174 Å². The predicted octanol–water partition coefficient (Wildman–Crippen LogP) is 3.29. The molecular weight excluding hydrogens is 388 g/mol. The normalized spacial score (nSPS) is 13.5. The minimum Gasteiger partial charge on any atom is -0.454 e. The molecule has 0 saturated carbocycles. The molecule has 30 heavy (non-hydrogen) atoms. The Hall–Kier alpha value is -3.55. The minimum absolute atomic E-state index is 0.188.